The van der Waals surface area contributed by atoms with E-state index in [1.54, 1.807) is 4.90 Å². The van der Waals surface area contributed by atoms with E-state index in [4.69, 9.17) is 0 Å². The van der Waals surface area contributed by atoms with Gasteiger partial charge in [0.25, 0.3) is 0 Å². The minimum Gasteiger partial charge on any atom is -0.325 e. The average Bonchev–Trinajstić information content (AvgIpc) is 2.67. The number of benzene rings is 2. The van der Waals surface area contributed by atoms with Gasteiger partial charge < -0.3 is 10.2 Å². The summed E-state index contributed by atoms with van der Waals surface area (Å²) in [6.45, 7) is 0.0430. The molecule has 0 unspecified atom stereocenters. The zero-order valence-electron chi connectivity index (χ0n) is 12.6. The molecule has 1 heterocycles. The minimum atomic E-state index is -0.183. The summed E-state index contributed by atoms with van der Waals surface area (Å²) in [4.78, 5) is 26.3. The molecule has 23 heavy (non-hydrogen) atoms. The molecule has 0 aromatic heterocycles. The van der Waals surface area contributed by atoms with Gasteiger partial charge >= 0.3 is 0 Å². The van der Waals surface area contributed by atoms with Crippen molar-refractivity contribution in [3.63, 3.8) is 0 Å². The van der Waals surface area contributed by atoms with Gasteiger partial charge in [0.15, 0.2) is 0 Å². The van der Waals surface area contributed by atoms with E-state index in [1.807, 2.05) is 48.5 Å². The summed E-state index contributed by atoms with van der Waals surface area (Å²) in [6, 6.07) is 15.4. The number of carbonyl (C=O) groups is 2. The van der Waals surface area contributed by atoms with Crippen LogP contribution in [0.1, 0.15) is 18.4 Å². The van der Waals surface area contributed by atoms with Crippen LogP contribution in [0.2, 0.25) is 0 Å². The molecule has 0 aliphatic carbocycles. The van der Waals surface area contributed by atoms with Crippen LogP contribution in [0.4, 0.5) is 11.4 Å². The lowest BCUT2D eigenvalue weighted by Crippen LogP contribution is -2.37. The van der Waals surface area contributed by atoms with Crippen molar-refractivity contribution in [1.82, 2.24) is 0 Å². The number of para-hydroxylation sites is 1. The van der Waals surface area contributed by atoms with Crippen LogP contribution >= 0.6 is 22.6 Å². The largest absolute Gasteiger partial charge is 0.325 e. The summed E-state index contributed by atoms with van der Waals surface area (Å²) in [5.41, 5.74) is 2.73. The van der Waals surface area contributed by atoms with Crippen molar-refractivity contribution in [2.75, 3.05) is 16.8 Å². The van der Waals surface area contributed by atoms with Crippen LogP contribution < -0.4 is 10.2 Å². The van der Waals surface area contributed by atoms with Crippen molar-refractivity contribution in [2.24, 2.45) is 0 Å². The van der Waals surface area contributed by atoms with Gasteiger partial charge in [-0.2, -0.15) is 0 Å². The second-order valence-electron chi connectivity index (χ2n) is 5.52. The summed E-state index contributed by atoms with van der Waals surface area (Å²) in [6.07, 6.45) is 2.17. The van der Waals surface area contributed by atoms with E-state index < -0.39 is 0 Å². The number of hydrogen-bond donors (Lipinski definition) is 1. The van der Waals surface area contributed by atoms with E-state index in [1.165, 1.54) is 0 Å². The van der Waals surface area contributed by atoms with Gasteiger partial charge in [0.1, 0.15) is 6.54 Å². The first kappa shape index (κ1) is 16.0. The SMILES string of the molecule is O=C(CN1C(=O)CCCc2ccccc21)Nc1cccc(I)c1. The number of aryl methyl sites for hydroxylation is 1. The van der Waals surface area contributed by atoms with E-state index in [-0.39, 0.29) is 18.4 Å². The molecule has 1 N–H and O–H groups in total. The van der Waals surface area contributed by atoms with Crippen molar-refractivity contribution in [3.05, 3.63) is 57.7 Å². The number of anilines is 2. The van der Waals surface area contributed by atoms with Crippen molar-refractivity contribution in [3.8, 4) is 0 Å². The number of fused-ring (bicyclic) bond motifs is 1. The molecule has 1 aliphatic heterocycles. The Kier molecular flexibility index (Phi) is 4.95. The van der Waals surface area contributed by atoms with Crippen LogP contribution in [-0.4, -0.2) is 18.4 Å². The molecular weight excluding hydrogens is 403 g/mol. The third-order valence-corrected chi connectivity index (χ3v) is 4.50. The van der Waals surface area contributed by atoms with Crippen LogP contribution in [0.15, 0.2) is 48.5 Å². The monoisotopic (exact) mass is 420 g/mol. The van der Waals surface area contributed by atoms with Crippen LogP contribution in [0.5, 0.6) is 0 Å². The Balaban J connectivity index is 1.78. The molecule has 5 heteroatoms. The van der Waals surface area contributed by atoms with Crippen molar-refractivity contribution < 1.29 is 9.59 Å². The smallest absolute Gasteiger partial charge is 0.244 e. The summed E-state index contributed by atoms with van der Waals surface area (Å²) >= 11 is 2.20. The van der Waals surface area contributed by atoms with Gasteiger partial charge in [-0.1, -0.05) is 24.3 Å². The van der Waals surface area contributed by atoms with Crippen LogP contribution in [0, 0.1) is 3.57 Å². The molecule has 2 aromatic rings. The second kappa shape index (κ2) is 7.12. The number of halogens is 1. The van der Waals surface area contributed by atoms with Crippen molar-refractivity contribution in [2.45, 2.75) is 19.3 Å². The highest BCUT2D eigenvalue weighted by molar-refractivity contribution is 14.1. The zero-order valence-corrected chi connectivity index (χ0v) is 14.7. The second-order valence-corrected chi connectivity index (χ2v) is 6.77. The molecule has 0 fully saturated rings. The molecule has 3 rings (SSSR count). The van der Waals surface area contributed by atoms with Gasteiger partial charge in [0, 0.05) is 21.4 Å². The Morgan fingerprint density at radius 3 is 2.78 bits per heavy atom. The fourth-order valence-electron chi connectivity index (χ4n) is 2.77. The van der Waals surface area contributed by atoms with Gasteiger partial charge in [-0.05, 0) is 65.3 Å². The summed E-state index contributed by atoms with van der Waals surface area (Å²) in [5.74, 6) is -0.176. The summed E-state index contributed by atoms with van der Waals surface area (Å²) in [5, 5.41) is 2.86. The van der Waals surface area contributed by atoms with Gasteiger partial charge in [-0.25, -0.2) is 0 Å². The Labute approximate surface area is 149 Å². The Morgan fingerprint density at radius 1 is 1.13 bits per heavy atom. The summed E-state index contributed by atoms with van der Waals surface area (Å²) in [7, 11) is 0. The maximum Gasteiger partial charge on any atom is 0.244 e. The van der Waals surface area contributed by atoms with Gasteiger partial charge in [-0.3, -0.25) is 9.59 Å². The number of nitrogens with one attached hydrogen (secondary N) is 1. The number of rotatable bonds is 3. The summed E-state index contributed by atoms with van der Waals surface area (Å²) < 4.78 is 1.05. The minimum absolute atomic E-state index is 0.00717. The normalized spacial score (nSPS) is 14.1. The first-order valence-electron chi connectivity index (χ1n) is 7.57. The molecule has 118 valence electrons. The van der Waals surface area contributed by atoms with E-state index in [9.17, 15) is 9.59 Å². The highest BCUT2D eigenvalue weighted by atomic mass is 127. The molecular formula is C18H17IN2O2. The van der Waals surface area contributed by atoms with Gasteiger partial charge in [0.2, 0.25) is 11.8 Å². The molecule has 0 spiro atoms. The van der Waals surface area contributed by atoms with E-state index in [0.717, 1.165) is 33.4 Å². The number of nitrogens with zero attached hydrogens (tertiary/aromatic N) is 1. The quantitative estimate of drug-likeness (QED) is 0.772. The fraction of sp³-hybridized carbons (Fsp3) is 0.222. The maximum atomic E-state index is 12.4. The van der Waals surface area contributed by atoms with Crippen LogP contribution in [-0.2, 0) is 16.0 Å². The van der Waals surface area contributed by atoms with Crippen LogP contribution in [0.3, 0.4) is 0 Å². The third-order valence-electron chi connectivity index (χ3n) is 3.83. The van der Waals surface area contributed by atoms with Gasteiger partial charge in [-0.15, -0.1) is 0 Å². The zero-order chi connectivity index (χ0) is 16.2. The standard InChI is InChI=1S/C18H17IN2O2/c19-14-7-4-8-15(11-14)20-17(22)12-21-16-9-2-1-5-13(16)6-3-10-18(21)23/h1-2,4-5,7-9,11H,3,6,10,12H2,(H,20,22). The third kappa shape index (κ3) is 3.90. The number of amides is 2. The highest BCUT2D eigenvalue weighted by Crippen LogP contribution is 2.26. The lowest BCUT2D eigenvalue weighted by molar-refractivity contribution is -0.121. The first-order chi connectivity index (χ1) is 11.1. The molecule has 4 nitrogen and oxygen atoms in total. The lowest BCUT2D eigenvalue weighted by atomic mass is 10.1. The highest BCUT2D eigenvalue weighted by Gasteiger charge is 2.23. The van der Waals surface area contributed by atoms with Crippen molar-refractivity contribution >= 4 is 45.8 Å². The lowest BCUT2D eigenvalue weighted by Gasteiger charge is -2.22. The topological polar surface area (TPSA) is 49.4 Å². The molecule has 1 aliphatic rings. The molecule has 2 aromatic carbocycles. The van der Waals surface area contributed by atoms with E-state index >= 15 is 0 Å². The van der Waals surface area contributed by atoms with Crippen LogP contribution in [0.25, 0.3) is 0 Å². The molecule has 0 radical (unpaired) electrons. The van der Waals surface area contributed by atoms with E-state index in [0.29, 0.717) is 6.42 Å². The molecule has 2 amide bonds. The van der Waals surface area contributed by atoms with Crippen molar-refractivity contribution in [1.29, 1.82) is 0 Å². The molecule has 0 saturated carbocycles. The first-order valence-corrected chi connectivity index (χ1v) is 8.65. The Morgan fingerprint density at radius 2 is 1.96 bits per heavy atom. The fourth-order valence-corrected chi connectivity index (χ4v) is 3.31. The number of carbonyl (C=O) groups excluding carboxylic acids is 2. The maximum absolute atomic E-state index is 12.4. The predicted octanol–water partition coefficient (Wildman–Crippen LogP) is 3.60. The Bertz CT molecular complexity index is 745. The average molecular weight is 420 g/mol. The molecule has 0 atom stereocenters. The Hall–Kier alpha value is -1.89. The predicted molar refractivity (Wildman–Crippen MR) is 99.5 cm³/mol. The number of hydrogen-bond acceptors (Lipinski definition) is 2. The molecule has 0 bridgehead atoms. The van der Waals surface area contributed by atoms with Gasteiger partial charge in [0.05, 0.1) is 0 Å². The molecule has 0 saturated heterocycles. The van der Waals surface area contributed by atoms with E-state index in [2.05, 4.69) is 27.9 Å².